The Balaban J connectivity index is 1.61. The zero-order valence-electron chi connectivity index (χ0n) is 14.5. The first kappa shape index (κ1) is 19.0. The molecular formula is C19H18F3N3OS. The number of aromatic nitrogens is 1. The second-order valence-corrected chi connectivity index (χ2v) is 6.31. The Kier molecular flexibility index (Phi) is 5.55. The third-order valence-electron chi connectivity index (χ3n) is 4.14. The van der Waals surface area contributed by atoms with Gasteiger partial charge < -0.3 is 20.4 Å². The SMILES string of the molecule is COc1ccc2[nH]cc(CCNC(=S)Nc3ccccc3C(F)(F)F)c2c1. The largest absolute Gasteiger partial charge is 0.497 e. The van der Waals surface area contributed by atoms with Gasteiger partial charge in [0.2, 0.25) is 0 Å². The molecule has 142 valence electrons. The second-order valence-electron chi connectivity index (χ2n) is 5.90. The average molecular weight is 393 g/mol. The second kappa shape index (κ2) is 7.87. The van der Waals surface area contributed by atoms with E-state index in [1.807, 2.05) is 24.4 Å². The van der Waals surface area contributed by atoms with E-state index in [4.69, 9.17) is 17.0 Å². The number of halogens is 3. The Morgan fingerprint density at radius 3 is 2.70 bits per heavy atom. The standard InChI is InChI=1S/C19H18F3N3OS/c1-26-13-6-7-16-14(10-13)12(11-24-16)8-9-23-18(27)25-17-5-3-2-4-15(17)19(20,21)22/h2-7,10-11,24H,8-9H2,1H3,(H2,23,25,27). The van der Waals surface area contributed by atoms with Gasteiger partial charge in [0.15, 0.2) is 5.11 Å². The molecule has 0 spiro atoms. The number of rotatable bonds is 5. The van der Waals surface area contributed by atoms with E-state index in [2.05, 4.69) is 15.6 Å². The number of anilines is 1. The highest BCUT2D eigenvalue weighted by molar-refractivity contribution is 7.80. The van der Waals surface area contributed by atoms with Crippen molar-refractivity contribution in [3.05, 3.63) is 59.8 Å². The first-order valence-corrected chi connectivity index (χ1v) is 8.64. The van der Waals surface area contributed by atoms with Crippen molar-refractivity contribution < 1.29 is 17.9 Å². The Bertz CT molecular complexity index is 953. The van der Waals surface area contributed by atoms with E-state index < -0.39 is 11.7 Å². The molecule has 0 aliphatic carbocycles. The van der Waals surface area contributed by atoms with Gasteiger partial charge in [0, 0.05) is 23.6 Å². The van der Waals surface area contributed by atoms with E-state index in [0.717, 1.165) is 28.3 Å². The molecule has 3 rings (SSSR count). The highest BCUT2D eigenvalue weighted by Gasteiger charge is 2.33. The summed E-state index contributed by atoms with van der Waals surface area (Å²) in [5.74, 6) is 0.761. The van der Waals surface area contributed by atoms with Crippen molar-refractivity contribution in [2.45, 2.75) is 12.6 Å². The molecule has 0 radical (unpaired) electrons. The van der Waals surface area contributed by atoms with E-state index in [1.165, 1.54) is 18.2 Å². The predicted octanol–water partition coefficient (Wildman–Crippen LogP) is 4.72. The predicted molar refractivity (Wildman–Crippen MR) is 104 cm³/mol. The first-order chi connectivity index (χ1) is 12.9. The minimum Gasteiger partial charge on any atom is -0.497 e. The van der Waals surface area contributed by atoms with Gasteiger partial charge in [-0.3, -0.25) is 0 Å². The van der Waals surface area contributed by atoms with Crippen LogP contribution in [-0.4, -0.2) is 23.8 Å². The molecule has 0 aliphatic rings. The Hall–Kier alpha value is -2.74. The summed E-state index contributed by atoms with van der Waals surface area (Å²) in [4.78, 5) is 3.18. The van der Waals surface area contributed by atoms with Crippen LogP contribution < -0.4 is 15.4 Å². The number of para-hydroxylation sites is 1. The average Bonchev–Trinajstić information content (AvgIpc) is 3.03. The molecule has 0 fully saturated rings. The summed E-state index contributed by atoms with van der Waals surface area (Å²) in [7, 11) is 1.61. The van der Waals surface area contributed by atoms with E-state index in [-0.39, 0.29) is 10.8 Å². The van der Waals surface area contributed by atoms with Crippen molar-refractivity contribution in [2.75, 3.05) is 19.0 Å². The summed E-state index contributed by atoms with van der Waals surface area (Å²) >= 11 is 5.13. The zero-order valence-corrected chi connectivity index (χ0v) is 15.3. The Labute approximate surface area is 159 Å². The van der Waals surface area contributed by atoms with Crippen LogP contribution in [-0.2, 0) is 12.6 Å². The Morgan fingerprint density at radius 2 is 1.96 bits per heavy atom. The lowest BCUT2D eigenvalue weighted by Gasteiger charge is -2.15. The number of alkyl halides is 3. The number of nitrogens with one attached hydrogen (secondary N) is 3. The van der Waals surface area contributed by atoms with Gasteiger partial charge in [0.25, 0.3) is 0 Å². The minimum atomic E-state index is -4.44. The first-order valence-electron chi connectivity index (χ1n) is 8.23. The molecule has 1 heterocycles. The molecule has 0 saturated carbocycles. The van der Waals surface area contributed by atoms with Crippen LogP contribution >= 0.6 is 12.2 Å². The topological polar surface area (TPSA) is 49.1 Å². The number of aromatic amines is 1. The number of ether oxygens (including phenoxy) is 1. The summed E-state index contributed by atoms with van der Waals surface area (Å²) in [6, 6.07) is 11.0. The van der Waals surface area contributed by atoms with Gasteiger partial charge >= 0.3 is 6.18 Å². The molecule has 0 aliphatic heterocycles. The van der Waals surface area contributed by atoms with Gasteiger partial charge in [0.05, 0.1) is 18.4 Å². The maximum Gasteiger partial charge on any atom is 0.418 e. The molecule has 0 amide bonds. The van der Waals surface area contributed by atoms with Crippen LogP contribution in [0.5, 0.6) is 5.75 Å². The van der Waals surface area contributed by atoms with Gasteiger partial charge in [-0.25, -0.2) is 0 Å². The molecule has 4 nitrogen and oxygen atoms in total. The molecule has 3 N–H and O–H groups in total. The van der Waals surface area contributed by atoms with Crippen LogP contribution in [0, 0.1) is 0 Å². The molecule has 0 unspecified atom stereocenters. The number of fused-ring (bicyclic) bond motifs is 1. The van der Waals surface area contributed by atoms with E-state index in [1.54, 1.807) is 7.11 Å². The normalized spacial score (nSPS) is 11.4. The van der Waals surface area contributed by atoms with Crippen molar-refractivity contribution in [3.63, 3.8) is 0 Å². The number of H-pyrrole nitrogens is 1. The van der Waals surface area contributed by atoms with Crippen LogP contribution in [0.1, 0.15) is 11.1 Å². The number of benzene rings is 2. The van der Waals surface area contributed by atoms with Gasteiger partial charge in [-0.05, 0) is 54.5 Å². The lowest BCUT2D eigenvalue weighted by atomic mass is 10.1. The Morgan fingerprint density at radius 1 is 1.19 bits per heavy atom. The van der Waals surface area contributed by atoms with E-state index in [0.29, 0.717) is 13.0 Å². The van der Waals surface area contributed by atoms with Crippen LogP contribution in [0.4, 0.5) is 18.9 Å². The third kappa shape index (κ3) is 4.51. The summed E-state index contributed by atoms with van der Waals surface area (Å²) < 4.78 is 44.3. The lowest BCUT2D eigenvalue weighted by molar-refractivity contribution is -0.136. The monoisotopic (exact) mass is 393 g/mol. The fourth-order valence-corrected chi connectivity index (χ4v) is 3.02. The maximum absolute atomic E-state index is 13.0. The highest BCUT2D eigenvalue weighted by Crippen LogP contribution is 2.34. The quantitative estimate of drug-likeness (QED) is 0.549. The lowest BCUT2D eigenvalue weighted by Crippen LogP contribution is -2.31. The molecule has 8 heteroatoms. The number of methoxy groups -OCH3 is 1. The molecule has 1 aromatic heterocycles. The summed E-state index contributed by atoms with van der Waals surface area (Å²) in [5.41, 5.74) is 1.23. The van der Waals surface area contributed by atoms with Gasteiger partial charge in [-0.15, -0.1) is 0 Å². The van der Waals surface area contributed by atoms with Crippen LogP contribution in [0.3, 0.4) is 0 Å². The summed E-state index contributed by atoms with van der Waals surface area (Å²) in [5, 5.41) is 6.76. The number of hydrogen-bond acceptors (Lipinski definition) is 2. The molecule has 0 saturated heterocycles. The van der Waals surface area contributed by atoms with Gasteiger partial charge in [-0.1, -0.05) is 12.1 Å². The van der Waals surface area contributed by atoms with Crippen LogP contribution in [0.25, 0.3) is 10.9 Å². The maximum atomic E-state index is 13.0. The van der Waals surface area contributed by atoms with Crippen molar-refractivity contribution >= 4 is 33.9 Å². The van der Waals surface area contributed by atoms with Crippen molar-refractivity contribution in [3.8, 4) is 5.75 Å². The molecule has 27 heavy (non-hydrogen) atoms. The molecule has 3 aromatic rings. The smallest absolute Gasteiger partial charge is 0.418 e. The highest BCUT2D eigenvalue weighted by atomic mass is 32.1. The van der Waals surface area contributed by atoms with Gasteiger partial charge in [0.1, 0.15) is 5.75 Å². The number of thiocarbonyl (C=S) groups is 1. The number of hydrogen-bond donors (Lipinski definition) is 3. The minimum absolute atomic E-state index is 0.0701. The summed E-state index contributed by atoms with van der Waals surface area (Å²) in [6.07, 6.45) is -1.89. The zero-order chi connectivity index (χ0) is 19.4. The molecular weight excluding hydrogens is 375 g/mol. The molecule has 0 bridgehead atoms. The van der Waals surface area contributed by atoms with Crippen LogP contribution in [0.15, 0.2) is 48.7 Å². The third-order valence-corrected chi connectivity index (χ3v) is 4.38. The van der Waals surface area contributed by atoms with Crippen molar-refractivity contribution in [2.24, 2.45) is 0 Å². The summed E-state index contributed by atoms with van der Waals surface area (Å²) in [6.45, 7) is 0.476. The fourth-order valence-electron chi connectivity index (χ4n) is 2.81. The molecule has 2 aromatic carbocycles. The van der Waals surface area contributed by atoms with E-state index in [9.17, 15) is 13.2 Å². The molecule has 0 atom stereocenters. The van der Waals surface area contributed by atoms with Crippen LogP contribution in [0.2, 0.25) is 0 Å². The van der Waals surface area contributed by atoms with E-state index >= 15 is 0 Å². The van der Waals surface area contributed by atoms with Gasteiger partial charge in [-0.2, -0.15) is 13.2 Å². The van der Waals surface area contributed by atoms with Crippen molar-refractivity contribution in [1.29, 1.82) is 0 Å². The fraction of sp³-hybridized carbons (Fsp3) is 0.211. The van der Waals surface area contributed by atoms with Crippen molar-refractivity contribution in [1.82, 2.24) is 10.3 Å².